The molecule has 3 N–H and O–H groups in total. The van der Waals surface area contributed by atoms with Crippen LogP contribution in [-0.4, -0.2) is 22.2 Å². The molecule has 4 heteroatoms. The van der Waals surface area contributed by atoms with Gasteiger partial charge < -0.3 is 15.5 Å². The fourth-order valence-corrected chi connectivity index (χ4v) is 2.28. The van der Waals surface area contributed by atoms with E-state index in [0.717, 1.165) is 19.3 Å². The van der Waals surface area contributed by atoms with Gasteiger partial charge in [-0.3, -0.25) is 4.79 Å². The van der Waals surface area contributed by atoms with E-state index in [0.29, 0.717) is 11.5 Å². The Hall–Kier alpha value is -1.71. The van der Waals surface area contributed by atoms with Crippen molar-refractivity contribution >= 4 is 5.91 Å². The van der Waals surface area contributed by atoms with E-state index in [1.54, 1.807) is 0 Å². The standard InChI is InChI=1S/C13H17NO3/c1-8-3-2-4-10(8)14-13(17)9-5-6-11(15)12(16)7-9/h5-8,10,15-16H,2-4H2,1H3,(H,14,17). The highest BCUT2D eigenvalue weighted by atomic mass is 16.3. The van der Waals surface area contributed by atoms with Gasteiger partial charge in [0.25, 0.3) is 5.91 Å². The molecule has 2 rings (SSSR count). The molecule has 0 aromatic heterocycles. The highest BCUT2D eigenvalue weighted by Crippen LogP contribution is 2.27. The summed E-state index contributed by atoms with van der Waals surface area (Å²) in [6.45, 7) is 2.13. The predicted octanol–water partition coefficient (Wildman–Crippen LogP) is 2.02. The van der Waals surface area contributed by atoms with E-state index in [1.807, 2.05) is 0 Å². The van der Waals surface area contributed by atoms with Gasteiger partial charge in [0.05, 0.1) is 0 Å². The fourth-order valence-electron chi connectivity index (χ4n) is 2.28. The van der Waals surface area contributed by atoms with Gasteiger partial charge in [0.1, 0.15) is 0 Å². The van der Waals surface area contributed by atoms with Crippen LogP contribution in [0.25, 0.3) is 0 Å². The first-order valence-corrected chi connectivity index (χ1v) is 5.91. The number of nitrogens with one attached hydrogen (secondary N) is 1. The van der Waals surface area contributed by atoms with E-state index in [2.05, 4.69) is 12.2 Å². The van der Waals surface area contributed by atoms with Crippen LogP contribution in [-0.2, 0) is 0 Å². The lowest BCUT2D eigenvalue weighted by Gasteiger charge is -2.17. The monoisotopic (exact) mass is 235 g/mol. The zero-order chi connectivity index (χ0) is 12.4. The summed E-state index contributed by atoms with van der Waals surface area (Å²) in [7, 11) is 0. The zero-order valence-electron chi connectivity index (χ0n) is 9.81. The number of carbonyl (C=O) groups excluding carboxylic acids is 1. The Morgan fingerprint density at radius 1 is 1.29 bits per heavy atom. The van der Waals surface area contributed by atoms with Crippen molar-refractivity contribution in [2.75, 3.05) is 0 Å². The molecule has 0 radical (unpaired) electrons. The van der Waals surface area contributed by atoms with E-state index < -0.39 is 0 Å². The van der Waals surface area contributed by atoms with E-state index >= 15 is 0 Å². The number of aromatic hydroxyl groups is 2. The number of hydrogen-bond donors (Lipinski definition) is 3. The molecule has 1 aromatic rings. The largest absolute Gasteiger partial charge is 0.504 e. The number of carbonyl (C=O) groups is 1. The molecule has 1 aliphatic carbocycles. The van der Waals surface area contributed by atoms with Gasteiger partial charge in [-0.1, -0.05) is 13.3 Å². The molecular weight excluding hydrogens is 218 g/mol. The Morgan fingerprint density at radius 3 is 2.65 bits per heavy atom. The third-order valence-corrected chi connectivity index (χ3v) is 3.42. The minimum Gasteiger partial charge on any atom is -0.504 e. The number of amides is 1. The Morgan fingerprint density at radius 2 is 2.06 bits per heavy atom. The van der Waals surface area contributed by atoms with Gasteiger partial charge >= 0.3 is 0 Å². The first-order valence-electron chi connectivity index (χ1n) is 5.91. The number of phenols is 2. The summed E-state index contributed by atoms with van der Waals surface area (Å²) in [5.41, 5.74) is 0.374. The topological polar surface area (TPSA) is 69.6 Å². The summed E-state index contributed by atoms with van der Waals surface area (Å²) >= 11 is 0. The normalized spacial score (nSPS) is 23.6. The molecule has 1 amide bonds. The van der Waals surface area contributed by atoms with Gasteiger partial charge in [-0.05, 0) is 37.0 Å². The third kappa shape index (κ3) is 2.52. The minimum absolute atomic E-state index is 0.195. The average Bonchev–Trinajstić information content (AvgIpc) is 2.68. The predicted molar refractivity (Wildman–Crippen MR) is 64.0 cm³/mol. The summed E-state index contributed by atoms with van der Waals surface area (Å²) in [5, 5.41) is 21.5. The first kappa shape index (κ1) is 11.8. The maximum absolute atomic E-state index is 11.9. The van der Waals surface area contributed by atoms with Crippen LogP contribution in [0.4, 0.5) is 0 Å². The molecule has 17 heavy (non-hydrogen) atoms. The molecule has 0 aliphatic heterocycles. The van der Waals surface area contributed by atoms with Crippen LogP contribution in [0.1, 0.15) is 36.5 Å². The Bertz CT molecular complexity index is 431. The number of rotatable bonds is 2. The second kappa shape index (κ2) is 4.65. The molecule has 2 atom stereocenters. The van der Waals surface area contributed by atoms with Crippen molar-refractivity contribution in [2.24, 2.45) is 5.92 Å². The average molecular weight is 235 g/mol. The number of hydrogen-bond acceptors (Lipinski definition) is 3. The molecule has 4 nitrogen and oxygen atoms in total. The molecule has 0 spiro atoms. The van der Waals surface area contributed by atoms with Gasteiger partial charge in [0, 0.05) is 11.6 Å². The van der Waals surface area contributed by atoms with Crippen molar-refractivity contribution < 1.29 is 15.0 Å². The number of phenolic OH excluding ortho intramolecular Hbond substituents is 2. The van der Waals surface area contributed by atoms with Crippen LogP contribution < -0.4 is 5.32 Å². The highest BCUT2D eigenvalue weighted by Gasteiger charge is 2.25. The Balaban J connectivity index is 2.06. The van der Waals surface area contributed by atoms with Gasteiger partial charge in [-0.25, -0.2) is 0 Å². The van der Waals surface area contributed by atoms with Crippen LogP contribution in [0.2, 0.25) is 0 Å². The second-order valence-corrected chi connectivity index (χ2v) is 4.69. The Labute approximate surface area is 100 Å². The molecule has 1 fully saturated rings. The van der Waals surface area contributed by atoms with Gasteiger partial charge in [0.2, 0.25) is 0 Å². The number of benzene rings is 1. The van der Waals surface area contributed by atoms with Crippen molar-refractivity contribution in [1.29, 1.82) is 0 Å². The van der Waals surface area contributed by atoms with Gasteiger partial charge in [-0.2, -0.15) is 0 Å². The van der Waals surface area contributed by atoms with Gasteiger partial charge in [-0.15, -0.1) is 0 Å². The van der Waals surface area contributed by atoms with Crippen LogP contribution in [0, 0.1) is 5.92 Å². The van der Waals surface area contributed by atoms with Crippen LogP contribution >= 0.6 is 0 Å². The first-order chi connectivity index (χ1) is 8.08. The smallest absolute Gasteiger partial charge is 0.251 e. The van der Waals surface area contributed by atoms with Crippen molar-refractivity contribution in [3.05, 3.63) is 23.8 Å². The second-order valence-electron chi connectivity index (χ2n) is 4.69. The summed E-state index contributed by atoms with van der Waals surface area (Å²) in [6, 6.07) is 4.33. The lowest BCUT2D eigenvalue weighted by atomic mass is 10.1. The van der Waals surface area contributed by atoms with E-state index in [9.17, 15) is 15.0 Å². The molecule has 0 saturated heterocycles. The van der Waals surface area contributed by atoms with Crippen LogP contribution in [0.5, 0.6) is 11.5 Å². The van der Waals surface area contributed by atoms with Crippen LogP contribution in [0.3, 0.4) is 0 Å². The van der Waals surface area contributed by atoms with E-state index in [-0.39, 0.29) is 23.4 Å². The van der Waals surface area contributed by atoms with Crippen molar-refractivity contribution in [3.8, 4) is 11.5 Å². The maximum atomic E-state index is 11.9. The van der Waals surface area contributed by atoms with Crippen LogP contribution in [0.15, 0.2) is 18.2 Å². The molecular formula is C13H17NO3. The quantitative estimate of drug-likeness (QED) is 0.687. The Kier molecular flexibility index (Phi) is 3.22. The summed E-state index contributed by atoms with van der Waals surface area (Å²) in [6.07, 6.45) is 3.30. The maximum Gasteiger partial charge on any atom is 0.251 e. The third-order valence-electron chi connectivity index (χ3n) is 3.42. The molecule has 92 valence electrons. The SMILES string of the molecule is CC1CCCC1NC(=O)c1ccc(O)c(O)c1. The minimum atomic E-state index is -0.267. The van der Waals surface area contributed by atoms with Crippen molar-refractivity contribution in [3.63, 3.8) is 0 Å². The lowest BCUT2D eigenvalue weighted by molar-refractivity contribution is 0.0929. The molecule has 0 bridgehead atoms. The van der Waals surface area contributed by atoms with E-state index in [1.165, 1.54) is 18.2 Å². The molecule has 1 aliphatic rings. The van der Waals surface area contributed by atoms with Gasteiger partial charge in [0.15, 0.2) is 11.5 Å². The van der Waals surface area contributed by atoms with Crippen molar-refractivity contribution in [2.45, 2.75) is 32.2 Å². The highest BCUT2D eigenvalue weighted by molar-refractivity contribution is 5.95. The fraction of sp³-hybridized carbons (Fsp3) is 0.462. The molecule has 1 aromatic carbocycles. The molecule has 0 heterocycles. The lowest BCUT2D eigenvalue weighted by Crippen LogP contribution is -2.36. The van der Waals surface area contributed by atoms with Crippen molar-refractivity contribution in [1.82, 2.24) is 5.32 Å². The molecule has 1 saturated carbocycles. The zero-order valence-corrected chi connectivity index (χ0v) is 9.81. The summed E-state index contributed by atoms with van der Waals surface area (Å²) in [4.78, 5) is 11.9. The summed E-state index contributed by atoms with van der Waals surface area (Å²) in [5.74, 6) is -0.170. The van der Waals surface area contributed by atoms with E-state index in [4.69, 9.17) is 0 Å². The molecule has 2 unspecified atom stereocenters. The summed E-state index contributed by atoms with van der Waals surface area (Å²) < 4.78 is 0.